The van der Waals surface area contributed by atoms with Crippen LogP contribution in [0.3, 0.4) is 0 Å². The topological polar surface area (TPSA) is 82.1 Å². The summed E-state index contributed by atoms with van der Waals surface area (Å²) in [6, 6.07) is 7.01. The van der Waals surface area contributed by atoms with Gasteiger partial charge in [-0.05, 0) is 55.4 Å². The second-order valence-electron chi connectivity index (χ2n) is 9.02. The summed E-state index contributed by atoms with van der Waals surface area (Å²) in [6.45, 7) is 7.80. The largest absolute Gasteiger partial charge is 0.351 e. The Hall–Kier alpha value is -2.35. The summed E-state index contributed by atoms with van der Waals surface area (Å²) < 4.78 is 0. The maximum atomic E-state index is 12.8. The summed E-state index contributed by atoms with van der Waals surface area (Å²) in [5.74, 6) is 0.611. The molecule has 1 aromatic carbocycles. The van der Waals surface area contributed by atoms with E-state index in [2.05, 4.69) is 29.1 Å². The molecule has 1 N–H and O–H groups in total. The Kier molecular flexibility index (Phi) is 6.65. The Labute approximate surface area is 187 Å². The molecule has 3 aliphatic rings. The molecule has 7 nitrogen and oxygen atoms in total. The van der Waals surface area contributed by atoms with Crippen molar-refractivity contribution in [3.63, 3.8) is 0 Å². The number of aliphatic imine (C=N–C) groups is 1. The van der Waals surface area contributed by atoms with Gasteiger partial charge in [0.2, 0.25) is 5.91 Å². The molecule has 2 fully saturated rings. The summed E-state index contributed by atoms with van der Waals surface area (Å²) in [4.78, 5) is 45.7. The van der Waals surface area contributed by atoms with Crippen LogP contribution in [0.15, 0.2) is 29.3 Å². The maximum absolute atomic E-state index is 12.8. The van der Waals surface area contributed by atoms with Gasteiger partial charge < -0.3 is 15.1 Å². The average Bonchev–Trinajstić information content (AvgIpc) is 3.38. The highest BCUT2D eigenvalue weighted by Crippen LogP contribution is 2.29. The van der Waals surface area contributed by atoms with Crippen LogP contribution in [0.2, 0.25) is 0 Å². The predicted molar refractivity (Wildman–Crippen MR) is 123 cm³/mol. The first kappa shape index (κ1) is 21.9. The van der Waals surface area contributed by atoms with E-state index in [1.54, 1.807) is 24.3 Å². The normalized spacial score (nSPS) is 26.2. The Morgan fingerprint density at radius 3 is 2.39 bits per heavy atom. The molecule has 1 aromatic rings. The maximum Gasteiger partial charge on any atom is 0.262 e. The molecule has 0 unspecified atom stereocenters. The number of amidine groups is 1. The zero-order valence-electron chi connectivity index (χ0n) is 18.2. The lowest BCUT2D eigenvalue weighted by Crippen LogP contribution is -2.42. The van der Waals surface area contributed by atoms with Gasteiger partial charge in [0.1, 0.15) is 5.25 Å². The van der Waals surface area contributed by atoms with E-state index < -0.39 is 5.25 Å². The van der Waals surface area contributed by atoms with Crippen LogP contribution in [-0.2, 0) is 9.59 Å². The van der Waals surface area contributed by atoms with Gasteiger partial charge in [-0.1, -0.05) is 25.6 Å². The monoisotopic (exact) mass is 442 g/mol. The minimum atomic E-state index is -0.459. The molecule has 166 valence electrons. The lowest BCUT2D eigenvalue weighted by Gasteiger charge is -2.35. The summed E-state index contributed by atoms with van der Waals surface area (Å²) in [5.41, 5.74) is 1.25. The van der Waals surface area contributed by atoms with E-state index in [4.69, 9.17) is 0 Å². The van der Waals surface area contributed by atoms with E-state index in [0.29, 0.717) is 23.1 Å². The highest BCUT2D eigenvalue weighted by atomic mass is 32.2. The molecule has 31 heavy (non-hydrogen) atoms. The van der Waals surface area contributed by atoms with Crippen LogP contribution in [0.4, 0.5) is 5.69 Å². The van der Waals surface area contributed by atoms with Gasteiger partial charge in [-0.3, -0.25) is 14.4 Å². The van der Waals surface area contributed by atoms with Crippen molar-refractivity contribution in [3.05, 3.63) is 29.8 Å². The molecule has 0 spiro atoms. The molecule has 2 saturated heterocycles. The van der Waals surface area contributed by atoms with Crippen molar-refractivity contribution in [2.45, 2.75) is 44.8 Å². The molecule has 3 aliphatic heterocycles. The molecular weight excluding hydrogens is 412 g/mol. The molecule has 0 radical (unpaired) electrons. The average molecular weight is 443 g/mol. The highest BCUT2D eigenvalue weighted by Gasteiger charge is 2.33. The summed E-state index contributed by atoms with van der Waals surface area (Å²) in [5, 5.41) is 3.14. The molecule has 3 heterocycles. The lowest BCUT2D eigenvalue weighted by molar-refractivity contribution is -0.121. The summed E-state index contributed by atoms with van der Waals surface area (Å²) in [6.07, 6.45) is 3.48. The number of nitrogens with one attached hydrogen (secondary N) is 1. The van der Waals surface area contributed by atoms with E-state index in [-0.39, 0.29) is 24.1 Å². The van der Waals surface area contributed by atoms with Crippen molar-refractivity contribution in [2.24, 2.45) is 16.8 Å². The number of nitrogens with zero attached hydrogens (tertiary/aromatic N) is 3. The van der Waals surface area contributed by atoms with Crippen LogP contribution in [0.25, 0.3) is 0 Å². The van der Waals surface area contributed by atoms with E-state index >= 15 is 0 Å². The molecule has 4 rings (SSSR count). The number of thioether (sulfide) groups is 1. The summed E-state index contributed by atoms with van der Waals surface area (Å²) in [7, 11) is 0. The number of hydrogen-bond donors (Lipinski definition) is 1. The predicted octanol–water partition coefficient (Wildman–Crippen LogP) is 3.23. The number of likely N-dealkylation sites (tertiary alicyclic amines) is 2. The van der Waals surface area contributed by atoms with Gasteiger partial charge in [0, 0.05) is 43.9 Å². The van der Waals surface area contributed by atoms with Crippen LogP contribution >= 0.6 is 11.8 Å². The van der Waals surface area contributed by atoms with Crippen molar-refractivity contribution in [1.82, 2.24) is 9.80 Å². The van der Waals surface area contributed by atoms with Crippen LogP contribution in [0.1, 0.15) is 49.9 Å². The SMILES string of the molecule is C[C@@H]1C[C@@H](C)CN(C(=O)c2ccc(NC(=O)C[C@@H]3SC(N4CCCC4)=NC3=O)cc2)C1. The van der Waals surface area contributed by atoms with Crippen molar-refractivity contribution in [3.8, 4) is 0 Å². The Bertz CT molecular complexity index is 869. The fraction of sp³-hybridized carbons (Fsp3) is 0.565. The van der Waals surface area contributed by atoms with Crippen molar-refractivity contribution >= 4 is 40.3 Å². The third kappa shape index (κ3) is 5.29. The number of hydrogen-bond acceptors (Lipinski definition) is 5. The minimum absolute atomic E-state index is 0.0378. The van der Waals surface area contributed by atoms with Gasteiger partial charge >= 0.3 is 0 Å². The molecule has 0 aromatic heterocycles. The van der Waals surface area contributed by atoms with Crippen molar-refractivity contribution in [2.75, 3.05) is 31.5 Å². The molecular formula is C23H30N4O3S. The number of amides is 3. The zero-order chi connectivity index (χ0) is 22.0. The number of rotatable bonds is 4. The van der Waals surface area contributed by atoms with Crippen LogP contribution < -0.4 is 5.32 Å². The minimum Gasteiger partial charge on any atom is -0.351 e. The molecule has 3 atom stereocenters. The zero-order valence-corrected chi connectivity index (χ0v) is 19.0. The van der Waals surface area contributed by atoms with E-state index in [1.165, 1.54) is 11.8 Å². The Morgan fingerprint density at radius 2 is 1.74 bits per heavy atom. The van der Waals surface area contributed by atoms with Crippen molar-refractivity contribution < 1.29 is 14.4 Å². The third-order valence-corrected chi connectivity index (χ3v) is 7.26. The number of anilines is 1. The van der Waals surface area contributed by atoms with Crippen LogP contribution in [-0.4, -0.2) is 64.1 Å². The van der Waals surface area contributed by atoms with Gasteiger partial charge in [0.05, 0.1) is 0 Å². The molecule has 8 heteroatoms. The van der Waals surface area contributed by atoms with Gasteiger partial charge in [-0.2, -0.15) is 4.99 Å². The van der Waals surface area contributed by atoms with Crippen molar-refractivity contribution in [1.29, 1.82) is 0 Å². The van der Waals surface area contributed by atoms with Gasteiger partial charge in [0.15, 0.2) is 5.17 Å². The van der Waals surface area contributed by atoms with Crippen LogP contribution in [0, 0.1) is 11.8 Å². The highest BCUT2D eigenvalue weighted by molar-refractivity contribution is 8.15. The number of piperidine rings is 1. The number of carbonyl (C=O) groups excluding carboxylic acids is 3. The Balaban J connectivity index is 1.29. The fourth-order valence-corrected chi connectivity index (χ4v) is 5.76. The quantitative estimate of drug-likeness (QED) is 0.774. The first-order chi connectivity index (χ1) is 14.9. The lowest BCUT2D eigenvalue weighted by atomic mass is 9.91. The van der Waals surface area contributed by atoms with Gasteiger partial charge in [-0.15, -0.1) is 0 Å². The summed E-state index contributed by atoms with van der Waals surface area (Å²) >= 11 is 1.39. The number of carbonyl (C=O) groups is 3. The standard InChI is InChI=1S/C23H30N4O3S/c1-15-11-16(2)14-27(13-15)22(30)17-5-7-18(8-6-17)24-20(28)12-19-21(29)25-23(31-19)26-9-3-4-10-26/h5-8,15-16,19H,3-4,9-14H2,1-2H3,(H,24,28)/t15-,16-,19+/m1/s1. The molecule has 0 aliphatic carbocycles. The first-order valence-electron chi connectivity index (χ1n) is 11.1. The molecule has 0 bridgehead atoms. The van der Waals surface area contributed by atoms with E-state index in [1.807, 2.05) is 4.90 Å². The van der Waals surface area contributed by atoms with E-state index in [9.17, 15) is 14.4 Å². The smallest absolute Gasteiger partial charge is 0.262 e. The van der Waals surface area contributed by atoms with E-state index in [0.717, 1.165) is 50.6 Å². The third-order valence-electron chi connectivity index (χ3n) is 6.05. The molecule has 0 saturated carbocycles. The van der Waals surface area contributed by atoms with Gasteiger partial charge in [0.25, 0.3) is 11.8 Å². The molecule has 3 amide bonds. The second kappa shape index (κ2) is 9.42. The second-order valence-corrected chi connectivity index (χ2v) is 10.2. The van der Waals surface area contributed by atoms with Crippen LogP contribution in [0.5, 0.6) is 0 Å². The fourth-order valence-electron chi connectivity index (χ4n) is 4.64. The first-order valence-corrected chi connectivity index (χ1v) is 12.0. The Morgan fingerprint density at radius 1 is 1.10 bits per heavy atom. The van der Waals surface area contributed by atoms with Gasteiger partial charge in [-0.25, -0.2) is 0 Å². The number of benzene rings is 1.